The highest BCUT2D eigenvalue weighted by Gasteiger charge is 2.35. The van der Waals surface area contributed by atoms with Gasteiger partial charge in [0.2, 0.25) is 10.0 Å². The molecule has 0 amide bonds. The fourth-order valence-corrected chi connectivity index (χ4v) is 3.85. The first-order chi connectivity index (χ1) is 9.74. The molecule has 0 radical (unpaired) electrons. The first kappa shape index (κ1) is 16.5. The van der Waals surface area contributed by atoms with Crippen LogP contribution in [-0.4, -0.2) is 50.2 Å². The number of benzene rings is 1. The molecule has 0 bridgehead atoms. The number of ether oxygens (including phenoxy) is 1. The number of nitrogens with zero attached hydrogens (tertiary/aromatic N) is 1. The van der Waals surface area contributed by atoms with Crippen molar-refractivity contribution in [3.8, 4) is 0 Å². The van der Waals surface area contributed by atoms with E-state index in [0.29, 0.717) is 31.1 Å². The molecule has 0 aromatic heterocycles. The minimum absolute atomic E-state index is 0.000754. The highest BCUT2D eigenvalue weighted by atomic mass is 35.5. The molecule has 1 aromatic carbocycles. The first-order valence-corrected chi connectivity index (χ1v) is 8.38. The lowest BCUT2D eigenvalue weighted by atomic mass is 9.95. The third-order valence-electron chi connectivity index (χ3n) is 3.60. The van der Waals surface area contributed by atoms with Gasteiger partial charge in [-0.15, -0.1) is 0 Å². The number of hydrogen-bond donors (Lipinski definition) is 2. The van der Waals surface area contributed by atoms with Crippen molar-refractivity contribution in [1.29, 1.82) is 0 Å². The average Bonchev–Trinajstić information content (AvgIpc) is 2.38. The molecule has 0 unspecified atom stereocenters. The van der Waals surface area contributed by atoms with Crippen molar-refractivity contribution >= 4 is 27.3 Å². The smallest absolute Gasteiger partial charge is 0.244 e. The van der Waals surface area contributed by atoms with E-state index in [9.17, 15) is 13.5 Å². The van der Waals surface area contributed by atoms with Gasteiger partial charge in [0.15, 0.2) is 0 Å². The summed E-state index contributed by atoms with van der Waals surface area (Å²) in [6.07, 6.45) is 0.811. The zero-order valence-corrected chi connectivity index (χ0v) is 13.3. The highest BCUT2D eigenvalue weighted by Crippen LogP contribution is 2.28. The van der Waals surface area contributed by atoms with Crippen molar-refractivity contribution in [1.82, 2.24) is 4.31 Å². The van der Waals surface area contributed by atoms with E-state index in [4.69, 9.17) is 22.1 Å². The van der Waals surface area contributed by atoms with E-state index in [1.54, 1.807) is 0 Å². The molecule has 0 atom stereocenters. The number of hydrogen-bond acceptors (Lipinski definition) is 5. The second-order valence-corrected chi connectivity index (χ2v) is 7.73. The largest absolute Gasteiger partial charge is 0.398 e. The average molecular weight is 335 g/mol. The van der Waals surface area contributed by atoms with Gasteiger partial charge in [0.25, 0.3) is 0 Å². The van der Waals surface area contributed by atoms with Crippen LogP contribution >= 0.6 is 11.6 Å². The lowest BCUT2D eigenvalue weighted by Crippen LogP contribution is -2.47. The molecule has 118 valence electrons. The number of anilines is 1. The highest BCUT2D eigenvalue weighted by molar-refractivity contribution is 7.89. The molecule has 1 aliphatic rings. The topological polar surface area (TPSA) is 92.9 Å². The van der Waals surface area contributed by atoms with Crippen molar-refractivity contribution in [3.63, 3.8) is 0 Å². The number of aliphatic hydroxyl groups is 1. The molecule has 3 N–H and O–H groups in total. The molecule has 0 spiro atoms. The zero-order valence-electron chi connectivity index (χ0n) is 11.8. The number of likely N-dealkylation sites (N-methyl/N-ethyl adjacent to an activating group) is 1. The summed E-state index contributed by atoms with van der Waals surface area (Å²) in [6, 6.07) is 4.24. The number of sulfonamides is 1. The maximum Gasteiger partial charge on any atom is 0.244 e. The van der Waals surface area contributed by atoms with Gasteiger partial charge in [-0.05, 0) is 18.2 Å². The molecule has 8 heteroatoms. The van der Waals surface area contributed by atoms with Gasteiger partial charge in [-0.2, -0.15) is 4.31 Å². The molecule has 1 aromatic rings. The minimum Gasteiger partial charge on any atom is -0.398 e. The maximum atomic E-state index is 12.5. The molecule has 21 heavy (non-hydrogen) atoms. The van der Waals surface area contributed by atoms with Crippen molar-refractivity contribution in [3.05, 3.63) is 23.2 Å². The van der Waals surface area contributed by atoms with Crippen LogP contribution in [-0.2, 0) is 14.8 Å². The van der Waals surface area contributed by atoms with Crippen LogP contribution in [0.2, 0.25) is 5.02 Å². The standard InChI is InChI=1S/C13H19ClN2O4S/c1-16(9-13(17)4-6-20-7-5-13)21(18,19)12-3-2-10(14)8-11(12)15/h2-3,8,17H,4-7,9,15H2,1H3. The number of rotatable bonds is 4. The van der Waals surface area contributed by atoms with E-state index >= 15 is 0 Å². The first-order valence-electron chi connectivity index (χ1n) is 6.56. The van der Waals surface area contributed by atoms with E-state index in [1.807, 2.05) is 0 Å². The van der Waals surface area contributed by atoms with Gasteiger partial charge in [0.1, 0.15) is 4.90 Å². The van der Waals surface area contributed by atoms with Crippen LogP contribution < -0.4 is 5.73 Å². The van der Waals surface area contributed by atoms with Crippen LogP contribution in [0, 0.1) is 0 Å². The Labute approximate surface area is 129 Å². The molecule has 6 nitrogen and oxygen atoms in total. The fourth-order valence-electron chi connectivity index (χ4n) is 2.33. The number of halogens is 1. The molecule has 2 rings (SSSR count). The lowest BCUT2D eigenvalue weighted by molar-refractivity contribution is -0.0689. The molecule has 1 fully saturated rings. The Hall–Kier alpha value is -0.860. The summed E-state index contributed by atoms with van der Waals surface area (Å²) in [5, 5.41) is 10.8. The Morgan fingerprint density at radius 2 is 2.05 bits per heavy atom. The predicted octanol–water partition coefficient (Wildman–Crippen LogP) is 1.08. The van der Waals surface area contributed by atoms with E-state index in [-0.39, 0.29) is 17.1 Å². The van der Waals surface area contributed by atoms with Gasteiger partial charge in [-0.1, -0.05) is 11.6 Å². The molecular weight excluding hydrogens is 316 g/mol. The summed E-state index contributed by atoms with van der Waals surface area (Å²) in [7, 11) is -2.35. The molecule has 0 saturated carbocycles. The lowest BCUT2D eigenvalue weighted by Gasteiger charge is -2.35. The molecular formula is C13H19ClN2O4S. The Balaban J connectivity index is 2.22. The third-order valence-corrected chi connectivity index (χ3v) is 5.71. The van der Waals surface area contributed by atoms with Crippen LogP contribution in [0.1, 0.15) is 12.8 Å². The number of nitrogen functional groups attached to an aromatic ring is 1. The maximum absolute atomic E-state index is 12.5. The summed E-state index contributed by atoms with van der Waals surface area (Å²) >= 11 is 5.78. The quantitative estimate of drug-likeness (QED) is 0.804. The van der Waals surface area contributed by atoms with Crippen LogP contribution in [0.15, 0.2) is 23.1 Å². The van der Waals surface area contributed by atoms with Crippen LogP contribution in [0.5, 0.6) is 0 Å². The SMILES string of the molecule is CN(CC1(O)CCOCC1)S(=O)(=O)c1ccc(Cl)cc1N. The zero-order chi connectivity index (χ0) is 15.7. The van der Waals surface area contributed by atoms with Crippen LogP contribution in [0.25, 0.3) is 0 Å². The van der Waals surface area contributed by atoms with Gasteiger partial charge in [0, 0.05) is 44.7 Å². The summed E-state index contributed by atoms with van der Waals surface area (Å²) < 4.78 is 31.4. The Morgan fingerprint density at radius 3 is 2.62 bits per heavy atom. The third kappa shape index (κ3) is 3.67. The minimum atomic E-state index is -3.78. The normalized spacial score (nSPS) is 18.9. The van der Waals surface area contributed by atoms with Gasteiger partial charge in [-0.25, -0.2) is 8.42 Å². The molecule has 1 saturated heterocycles. The van der Waals surface area contributed by atoms with Gasteiger partial charge < -0.3 is 15.6 Å². The van der Waals surface area contributed by atoms with Gasteiger partial charge >= 0.3 is 0 Å². The Kier molecular flexibility index (Phi) is 4.79. The Morgan fingerprint density at radius 1 is 1.43 bits per heavy atom. The predicted molar refractivity (Wildman–Crippen MR) is 80.7 cm³/mol. The van der Waals surface area contributed by atoms with Gasteiger partial charge in [0.05, 0.1) is 11.3 Å². The number of nitrogens with two attached hydrogens (primary N) is 1. The summed E-state index contributed by atoms with van der Waals surface area (Å²) in [5.74, 6) is 0. The monoisotopic (exact) mass is 334 g/mol. The van der Waals surface area contributed by atoms with Gasteiger partial charge in [-0.3, -0.25) is 0 Å². The second kappa shape index (κ2) is 6.10. The van der Waals surface area contributed by atoms with Crippen molar-refractivity contribution in [2.24, 2.45) is 0 Å². The van der Waals surface area contributed by atoms with E-state index < -0.39 is 15.6 Å². The van der Waals surface area contributed by atoms with E-state index in [2.05, 4.69) is 0 Å². The molecule has 1 heterocycles. The summed E-state index contributed by atoms with van der Waals surface area (Å²) in [5.41, 5.74) is 4.76. The van der Waals surface area contributed by atoms with E-state index in [1.165, 1.54) is 25.2 Å². The second-order valence-electron chi connectivity index (χ2n) is 5.28. The van der Waals surface area contributed by atoms with Crippen LogP contribution in [0.3, 0.4) is 0 Å². The fraction of sp³-hybridized carbons (Fsp3) is 0.538. The van der Waals surface area contributed by atoms with Crippen LogP contribution in [0.4, 0.5) is 5.69 Å². The Bertz CT molecular complexity index is 615. The summed E-state index contributed by atoms with van der Waals surface area (Å²) in [4.78, 5) is -0.00920. The molecule has 0 aliphatic carbocycles. The summed E-state index contributed by atoms with van der Waals surface area (Å²) in [6.45, 7) is 0.849. The van der Waals surface area contributed by atoms with E-state index in [0.717, 1.165) is 4.31 Å². The van der Waals surface area contributed by atoms with Crippen molar-refractivity contribution < 1.29 is 18.3 Å². The molecule has 1 aliphatic heterocycles. The van der Waals surface area contributed by atoms with Crippen molar-refractivity contribution in [2.75, 3.05) is 32.5 Å². The van der Waals surface area contributed by atoms with Crippen molar-refractivity contribution in [2.45, 2.75) is 23.3 Å².